The van der Waals surface area contributed by atoms with Gasteiger partial charge in [0.05, 0.1) is 5.92 Å². The predicted octanol–water partition coefficient (Wildman–Crippen LogP) is 5.79. The molecule has 2 atom stereocenters. The van der Waals surface area contributed by atoms with Crippen LogP contribution < -0.4 is 4.90 Å². The van der Waals surface area contributed by atoms with Crippen molar-refractivity contribution in [2.75, 3.05) is 44.2 Å². The number of anilines is 1. The number of hydrogen-bond donors (Lipinski definition) is 0. The molecule has 2 saturated heterocycles. The van der Waals surface area contributed by atoms with Crippen molar-refractivity contribution in [2.24, 2.45) is 5.92 Å². The van der Waals surface area contributed by atoms with Gasteiger partial charge in [0, 0.05) is 55.9 Å². The molecule has 200 valence electrons. The molecular weight excluding hydrogens is 493 g/mol. The minimum absolute atomic E-state index is 0.0410. The van der Waals surface area contributed by atoms with E-state index in [1.165, 1.54) is 6.07 Å². The van der Waals surface area contributed by atoms with E-state index in [-0.39, 0.29) is 24.2 Å². The number of aryl methyl sites for hydroxylation is 2. The lowest BCUT2D eigenvalue weighted by Gasteiger charge is -2.43. The van der Waals surface area contributed by atoms with Gasteiger partial charge in [-0.15, -0.1) is 0 Å². The van der Waals surface area contributed by atoms with Gasteiger partial charge in [-0.25, -0.2) is 9.18 Å². The molecule has 6 nitrogen and oxygen atoms in total. The summed E-state index contributed by atoms with van der Waals surface area (Å²) in [6.45, 7) is 12.5. The molecule has 4 rings (SSSR count). The zero-order valence-corrected chi connectivity index (χ0v) is 23.1. The molecule has 0 radical (unpaired) electrons. The molecular formula is C29H37ClFN3O3. The molecule has 2 amide bonds. The summed E-state index contributed by atoms with van der Waals surface area (Å²) in [7, 11) is 0. The number of piperazine rings is 1. The monoisotopic (exact) mass is 529 g/mol. The number of amides is 2. The van der Waals surface area contributed by atoms with Crippen molar-refractivity contribution in [2.45, 2.75) is 52.6 Å². The van der Waals surface area contributed by atoms with Crippen LogP contribution in [0.25, 0.3) is 0 Å². The molecule has 2 aliphatic heterocycles. The number of ether oxygens (including phenoxy) is 1. The first kappa shape index (κ1) is 27.2. The minimum atomic E-state index is -0.634. The van der Waals surface area contributed by atoms with Gasteiger partial charge in [-0.2, -0.15) is 0 Å². The number of hydrogen-bond acceptors (Lipinski definition) is 4. The molecule has 0 aromatic heterocycles. The zero-order chi connectivity index (χ0) is 26.9. The third-order valence-electron chi connectivity index (χ3n) is 7.24. The molecule has 0 spiro atoms. The Morgan fingerprint density at radius 2 is 1.68 bits per heavy atom. The summed E-state index contributed by atoms with van der Waals surface area (Å²) in [5.74, 6) is -1.19. The first-order valence-corrected chi connectivity index (χ1v) is 13.3. The highest BCUT2D eigenvalue weighted by molar-refractivity contribution is 6.30. The molecule has 0 aliphatic carbocycles. The number of likely N-dealkylation sites (tertiary alicyclic amines) is 1. The summed E-state index contributed by atoms with van der Waals surface area (Å²) in [5.41, 5.74) is 2.96. The van der Waals surface area contributed by atoms with Gasteiger partial charge in [0.25, 0.3) is 0 Å². The van der Waals surface area contributed by atoms with Crippen LogP contribution in [0.3, 0.4) is 0 Å². The van der Waals surface area contributed by atoms with Crippen molar-refractivity contribution in [3.05, 3.63) is 63.9 Å². The van der Waals surface area contributed by atoms with Crippen LogP contribution in [0.4, 0.5) is 14.9 Å². The number of halogens is 2. The lowest BCUT2D eigenvalue weighted by atomic mass is 9.79. The van der Waals surface area contributed by atoms with Crippen molar-refractivity contribution < 1.29 is 18.7 Å². The van der Waals surface area contributed by atoms with E-state index in [1.54, 1.807) is 11.0 Å². The van der Waals surface area contributed by atoms with Gasteiger partial charge in [-0.3, -0.25) is 4.79 Å². The highest BCUT2D eigenvalue weighted by Gasteiger charge is 2.41. The smallest absolute Gasteiger partial charge is 0.410 e. The number of nitrogens with zero attached hydrogens (tertiary/aromatic N) is 3. The summed E-state index contributed by atoms with van der Waals surface area (Å²) < 4.78 is 20.6. The summed E-state index contributed by atoms with van der Waals surface area (Å²) in [5, 5.41) is 0.687. The van der Waals surface area contributed by atoms with Crippen LogP contribution in [-0.2, 0) is 9.53 Å². The average Bonchev–Trinajstić information content (AvgIpc) is 2.84. The molecule has 0 N–H and O–H groups in total. The molecule has 0 bridgehead atoms. The molecule has 2 aromatic rings. The maximum absolute atomic E-state index is 15.1. The third kappa shape index (κ3) is 6.38. The SMILES string of the molecule is Cc1ccc(C2CCN(C(=O)OC(C)(C)C)CC2C(=O)N2CCN(c3cc(Cl)ccc3C)CC2)c(F)c1. The van der Waals surface area contributed by atoms with Crippen molar-refractivity contribution in [1.82, 2.24) is 9.80 Å². The summed E-state index contributed by atoms with van der Waals surface area (Å²) in [4.78, 5) is 32.5. The van der Waals surface area contributed by atoms with Crippen molar-refractivity contribution in [1.29, 1.82) is 0 Å². The fraction of sp³-hybridized carbons (Fsp3) is 0.517. The Balaban J connectivity index is 1.53. The molecule has 2 aromatic carbocycles. The van der Waals surface area contributed by atoms with Crippen LogP contribution in [0.1, 0.15) is 49.8 Å². The molecule has 2 unspecified atom stereocenters. The van der Waals surface area contributed by atoms with Gasteiger partial charge in [0.15, 0.2) is 0 Å². The molecule has 2 aliphatic rings. The third-order valence-corrected chi connectivity index (χ3v) is 7.48. The molecule has 2 fully saturated rings. The highest BCUT2D eigenvalue weighted by atomic mass is 35.5. The number of carbonyl (C=O) groups excluding carboxylic acids is 2. The molecule has 2 heterocycles. The quantitative estimate of drug-likeness (QED) is 0.505. The standard InChI is InChI=1S/C29H37ClFN3O3/c1-19-6-9-23(25(31)16-19)22-10-11-34(28(36)37-29(3,4)5)18-24(22)27(35)33-14-12-32(13-15-33)26-17-21(30)8-7-20(26)2/h6-9,16-17,22,24H,10-15,18H2,1-5H3. The highest BCUT2D eigenvalue weighted by Crippen LogP contribution is 2.37. The lowest BCUT2D eigenvalue weighted by molar-refractivity contribution is -0.138. The first-order chi connectivity index (χ1) is 17.4. The summed E-state index contributed by atoms with van der Waals surface area (Å²) in [6, 6.07) is 11.0. The zero-order valence-electron chi connectivity index (χ0n) is 22.4. The van der Waals surface area contributed by atoms with Crippen LogP contribution in [0, 0.1) is 25.6 Å². The number of rotatable bonds is 3. The van der Waals surface area contributed by atoms with Gasteiger partial charge in [0.1, 0.15) is 11.4 Å². The maximum atomic E-state index is 15.1. The van der Waals surface area contributed by atoms with E-state index in [9.17, 15) is 9.59 Å². The van der Waals surface area contributed by atoms with Crippen molar-refractivity contribution >= 4 is 29.3 Å². The van der Waals surface area contributed by atoms with Gasteiger partial charge in [-0.05, 0) is 75.9 Å². The molecule has 8 heteroatoms. The Morgan fingerprint density at radius 1 is 0.973 bits per heavy atom. The summed E-state index contributed by atoms with van der Waals surface area (Å²) in [6.07, 6.45) is 0.0616. The van der Waals surface area contributed by atoms with E-state index in [0.717, 1.165) is 16.8 Å². The topological polar surface area (TPSA) is 53.1 Å². The minimum Gasteiger partial charge on any atom is -0.444 e. The van der Waals surface area contributed by atoms with E-state index in [1.807, 2.05) is 56.9 Å². The Morgan fingerprint density at radius 3 is 2.32 bits per heavy atom. The molecule has 37 heavy (non-hydrogen) atoms. The van der Waals surface area contributed by atoms with Crippen molar-refractivity contribution in [3.63, 3.8) is 0 Å². The Bertz CT molecular complexity index is 1160. The Labute approximate surface area is 224 Å². The first-order valence-electron chi connectivity index (χ1n) is 13.0. The Kier molecular flexibility index (Phi) is 8.02. The summed E-state index contributed by atoms with van der Waals surface area (Å²) >= 11 is 6.23. The largest absolute Gasteiger partial charge is 0.444 e. The lowest BCUT2D eigenvalue weighted by Crippen LogP contribution is -2.55. The van der Waals surface area contributed by atoms with Crippen LogP contribution in [0.2, 0.25) is 5.02 Å². The second-order valence-corrected chi connectivity index (χ2v) is 11.6. The Hall–Kier alpha value is -2.80. The van der Waals surface area contributed by atoms with E-state index in [2.05, 4.69) is 11.8 Å². The normalized spacial score (nSPS) is 20.7. The van der Waals surface area contributed by atoms with E-state index >= 15 is 4.39 Å². The maximum Gasteiger partial charge on any atom is 0.410 e. The number of piperidine rings is 1. The van der Waals surface area contributed by atoms with Gasteiger partial charge in [-0.1, -0.05) is 29.8 Å². The number of carbonyl (C=O) groups is 2. The van der Waals surface area contributed by atoms with Gasteiger partial charge in [0.2, 0.25) is 5.91 Å². The van der Waals surface area contributed by atoms with Crippen LogP contribution in [-0.4, -0.2) is 66.7 Å². The van der Waals surface area contributed by atoms with Gasteiger partial charge < -0.3 is 19.4 Å². The molecule has 0 saturated carbocycles. The van der Waals surface area contributed by atoms with E-state index in [0.29, 0.717) is 49.7 Å². The fourth-order valence-electron chi connectivity index (χ4n) is 5.33. The van der Waals surface area contributed by atoms with E-state index in [4.69, 9.17) is 16.3 Å². The predicted molar refractivity (Wildman–Crippen MR) is 145 cm³/mol. The fourth-order valence-corrected chi connectivity index (χ4v) is 5.49. The van der Waals surface area contributed by atoms with Crippen LogP contribution >= 0.6 is 11.6 Å². The van der Waals surface area contributed by atoms with Crippen LogP contribution in [0.15, 0.2) is 36.4 Å². The van der Waals surface area contributed by atoms with Crippen LogP contribution in [0.5, 0.6) is 0 Å². The van der Waals surface area contributed by atoms with E-state index < -0.39 is 17.6 Å². The second kappa shape index (κ2) is 10.9. The second-order valence-electron chi connectivity index (χ2n) is 11.2. The van der Waals surface area contributed by atoms with Gasteiger partial charge >= 0.3 is 6.09 Å². The average molecular weight is 530 g/mol. The van der Waals surface area contributed by atoms with Crippen molar-refractivity contribution in [3.8, 4) is 0 Å². The number of benzene rings is 2.